The molecule has 2 amide bonds. The third kappa shape index (κ3) is 4.58. The first-order valence-electron chi connectivity index (χ1n) is 10.6. The molecule has 0 radical (unpaired) electrons. The van der Waals surface area contributed by atoms with Gasteiger partial charge in [0.25, 0.3) is 0 Å². The number of hydrogen-bond donors (Lipinski definition) is 1. The number of fused-ring (bicyclic) bond motifs is 2. The Morgan fingerprint density at radius 1 is 1.10 bits per heavy atom. The van der Waals surface area contributed by atoms with Gasteiger partial charge in [0.1, 0.15) is 12.4 Å². The molecule has 0 fully saturated rings. The Morgan fingerprint density at radius 3 is 2.80 bits per heavy atom. The summed E-state index contributed by atoms with van der Waals surface area (Å²) in [6.45, 7) is 4.28. The molecule has 2 aliphatic heterocycles. The molecule has 2 aromatic carbocycles. The van der Waals surface area contributed by atoms with E-state index in [4.69, 9.17) is 4.74 Å². The van der Waals surface area contributed by atoms with Gasteiger partial charge in [0.2, 0.25) is 11.8 Å². The van der Waals surface area contributed by atoms with E-state index in [1.54, 1.807) is 11.8 Å². The molecule has 1 N–H and O–H groups in total. The SMILES string of the molecule is CC(=O)N1CCOc2ccc(CCC(=O)Nc3ccc4c(c3)N(C)CCC4)cc2C1. The largest absolute Gasteiger partial charge is 0.491 e. The number of anilines is 2. The van der Waals surface area contributed by atoms with Crippen LogP contribution in [0.15, 0.2) is 36.4 Å². The zero-order chi connectivity index (χ0) is 21.1. The van der Waals surface area contributed by atoms with E-state index in [-0.39, 0.29) is 11.8 Å². The molecule has 30 heavy (non-hydrogen) atoms. The number of benzene rings is 2. The van der Waals surface area contributed by atoms with Crippen LogP contribution in [-0.2, 0) is 29.0 Å². The molecular formula is C24H29N3O3. The van der Waals surface area contributed by atoms with E-state index >= 15 is 0 Å². The van der Waals surface area contributed by atoms with Crippen molar-refractivity contribution in [3.63, 3.8) is 0 Å². The third-order valence-electron chi connectivity index (χ3n) is 5.91. The van der Waals surface area contributed by atoms with E-state index in [0.29, 0.717) is 32.5 Å². The molecule has 0 saturated heterocycles. The number of nitrogens with one attached hydrogen (secondary N) is 1. The smallest absolute Gasteiger partial charge is 0.224 e. The lowest BCUT2D eigenvalue weighted by atomic mass is 10.0. The van der Waals surface area contributed by atoms with Crippen molar-refractivity contribution in [3.8, 4) is 5.75 Å². The predicted octanol–water partition coefficient (Wildman–Crippen LogP) is 3.38. The Bertz CT molecular complexity index is 957. The van der Waals surface area contributed by atoms with E-state index in [1.165, 1.54) is 17.7 Å². The van der Waals surface area contributed by atoms with Crippen molar-refractivity contribution >= 4 is 23.2 Å². The molecule has 0 unspecified atom stereocenters. The summed E-state index contributed by atoms with van der Waals surface area (Å²) >= 11 is 0. The maximum absolute atomic E-state index is 12.5. The minimum Gasteiger partial charge on any atom is -0.491 e. The highest BCUT2D eigenvalue weighted by Gasteiger charge is 2.18. The van der Waals surface area contributed by atoms with Crippen LogP contribution in [0.3, 0.4) is 0 Å². The zero-order valence-electron chi connectivity index (χ0n) is 17.7. The molecule has 0 spiro atoms. The number of hydrogen-bond acceptors (Lipinski definition) is 4. The number of nitrogens with zero attached hydrogens (tertiary/aromatic N) is 2. The minimum atomic E-state index is 0.00460. The van der Waals surface area contributed by atoms with Crippen LogP contribution in [0, 0.1) is 0 Å². The lowest BCUT2D eigenvalue weighted by Crippen LogP contribution is -2.30. The van der Waals surface area contributed by atoms with Crippen molar-refractivity contribution in [1.82, 2.24) is 4.90 Å². The van der Waals surface area contributed by atoms with Crippen LogP contribution in [0.2, 0.25) is 0 Å². The Morgan fingerprint density at radius 2 is 1.97 bits per heavy atom. The van der Waals surface area contributed by atoms with Crippen LogP contribution in [0.1, 0.15) is 36.5 Å². The number of aryl methyl sites for hydroxylation is 2. The van der Waals surface area contributed by atoms with Gasteiger partial charge < -0.3 is 19.9 Å². The Hall–Kier alpha value is -3.02. The Labute approximate surface area is 177 Å². The number of carbonyl (C=O) groups is 2. The summed E-state index contributed by atoms with van der Waals surface area (Å²) in [7, 11) is 2.10. The fourth-order valence-electron chi connectivity index (χ4n) is 4.19. The average Bonchev–Trinajstić information content (AvgIpc) is 2.95. The highest BCUT2D eigenvalue weighted by molar-refractivity contribution is 5.91. The molecule has 2 heterocycles. The van der Waals surface area contributed by atoms with Crippen LogP contribution in [-0.4, -0.2) is 43.5 Å². The molecule has 0 aromatic heterocycles. The quantitative estimate of drug-likeness (QED) is 0.844. The molecule has 0 aliphatic carbocycles. The summed E-state index contributed by atoms with van der Waals surface area (Å²) in [5.41, 5.74) is 5.47. The van der Waals surface area contributed by atoms with Crippen molar-refractivity contribution < 1.29 is 14.3 Å². The summed E-state index contributed by atoms with van der Waals surface area (Å²) in [5, 5.41) is 3.03. The lowest BCUT2D eigenvalue weighted by molar-refractivity contribution is -0.129. The first kappa shape index (κ1) is 20.3. The van der Waals surface area contributed by atoms with Gasteiger partial charge >= 0.3 is 0 Å². The maximum Gasteiger partial charge on any atom is 0.224 e. The second-order valence-electron chi connectivity index (χ2n) is 8.15. The van der Waals surface area contributed by atoms with Gasteiger partial charge in [-0.1, -0.05) is 18.2 Å². The third-order valence-corrected chi connectivity index (χ3v) is 5.91. The van der Waals surface area contributed by atoms with Crippen molar-refractivity contribution in [3.05, 3.63) is 53.1 Å². The highest BCUT2D eigenvalue weighted by atomic mass is 16.5. The number of amides is 2. The van der Waals surface area contributed by atoms with Gasteiger partial charge in [-0.05, 0) is 48.6 Å². The first-order chi connectivity index (χ1) is 14.5. The molecule has 6 nitrogen and oxygen atoms in total. The summed E-state index contributed by atoms with van der Waals surface area (Å²) in [6, 6.07) is 12.2. The van der Waals surface area contributed by atoms with Gasteiger partial charge in [0, 0.05) is 50.4 Å². The number of ether oxygens (including phenoxy) is 1. The molecule has 0 atom stereocenters. The second kappa shape index (κ2) is 8.78. The highest BCUT2D eigenvalue weighted by Crippen LogP contribution is 2.29. The monoisotopic (exact) mass is 407 g/mol. The van der Waals surface area contributed by atoms with Crippen molar-refractivity contribution in [2.75, 3.05) is 37.0 Å². The first-order valence-corrected chi connectivity index (χ1v) is 10.6. The average molecular weight is 408 g/mol. The van der Waals surface area contributed by atoms with E-state index in [0.717, 1.165) is 35.5 Å². The summed E-state index contributed by atoms with van der Waals surface area (Å²) in [5.74, 6) is 0.877. The minimum absolute atomic E-state index is 0.00460. The second-order valence-corrected chi connectivity index (χ2v) is 8.15. The predicted molar refractivity (Wildman–Crippen MR) is 118 cm³/mol. The number of rotatable bonds is 4. The fraction of sp³-hybridized carbons (Fsp3) is 0.417. The molecule has 4 rings (SSSR count). The van der Waals surface area contributed by atoms with Crippen LogP contribution in [0.5, 0.6) is 5.75 Å². The van der Waals surface area contributed by atoms with Gasteiger partial charge in [-0.15, -0.1) is 0 Å². The molecule has 158 valence electrons. The summed E-state index contributed by atoms with van der Waals surface area (Å²) in [4.78, 5) is 28.3. The van der Waals surface area contributed by atoms with Gasteiger partial charge in [0.05, 0.1) is 6.54 Å². The molecule has 2 aromatic rings. The van der Waals surface area contributed by atoms with E-state index < -0.39 is 0 Å². The van der Waals surface area contributed by atoms with Crippen LogP contribution in [0.25, 0.3) is 0 Å². The van der Waals surface area contributed by atoms with Crippen molar-refractivity contribution in [1.29, 1.82) is 0 Å². The van der Waals surface area contributed by atoms with Gasteiger partial charge in [-0.25, -0.2) is 0 Å². The van der Waals surface area contributed by atoms with Crippen LogP contribution < -0.4 is 15.0 Å². The van der Waals surface area contributed by atoms with Crippen LogP contribution >= 0.6 is 0 Å². The van der Waals surface area contributed by atoms with E-state index in [1.807, 2.05) is 18.2 Å². The van der Waals surface area contributed by atoms with Crippen molar-refractivity contribution in [2.45, 2.75) is 39.2 Å². The normalized spacial score (nSPS) is 15.5. The fourth-order valence-corrected chi connectivity index (χ4v) is 4.19. The summed E-state index contributed by atoms with van der Waals surface area (Å²) < 4.78 is 5.77. The van der Waals surface area contributed by atoms with Crippen molar-refractivity contribution in [2.24, 2.45) is 0 Å². The molecule has 0 bridgehead atoms. The van der Waals surface area contributed by atoms with E-state index in [2.05, 4.69) is 35.5 Å². The summed E-state index contributed by atoms with van der Waals surface area (Å²) in [6.07, 6.45) is 3.31. The molecular weight excluding hydrogens is 378 g/mol. The Balaban J connectivity index is 1.37. The maximum atomic E-state index is 12.5. The Kier molecular flexibility index (Phi) is 5.93. The van der Waals surface area contributed by atoms with Gasteiger partial charge in [0.15, 0.2) is 0 Å². The van der Waals surface area contributed by atoms with Gasteiger partial charge in [-0.3, -0.25) is 9.59 Å². The standard InChI is InChI=1S/C24H29N3O3/c1-17(28)27-12-13-30-23-9-5-18(14-20(23)16-27)6-10-24(29)25-21-8-7-19-4-3-11-26(2)22(19)15-21/h5,7-9,14-15H,3-4,6,10-13,16H2,1-2H3,(H,25,29). The molecule has 0 saturated carbocycles. The molecule has 2 aliphatic rings. The lowest BCUT2D eigenvalue weighted by Gasteiger charge is -2.28. The topological polar surface area (TPSA) is 61.9 Å². The van der Waals surface area contributed by atoms with E-state index in [9.17, 15) is 9.59 Å². The number of carbonyl (C=O) groups excluding carboxylic acids is 2. The molecule has 6 heteroatoms. The zero-order valence-corrected chi connectivity index (χ0v) is 17.7. The van der Waals surface area contributed by atoms with Crippen LogP contribution in [0.4, 0.5) is 11.4 Å². The van der Waals surface area contributed by atoms with Gasteiger partial charge in [-0.2, -0.15) is 0 Å².